The number of anilines is 1. The lowest BCUT2D eigenvalue weighted by Crippen LogP contribution is -2.14. The summed E-state index contributed by atoms with van der Waals surface area (Å²) in [6.45, 7) is 0. The van der Waals surface area contributed by atoms with Gasteiger partial charge in [-0.05, 0) is 12.1 Å². The van der Waals surface area contributed by atoms with E-state index in [1.54, 1.807) is 0 Å². The first-order valence-electron chi connectivity index (χ1n) is 3.77. The van der Waals surface area contributed by atoms with Crippen LogP contribution in [0.25, 0.3) is 0 Å². The molecule has 0 aliphatic rings. The van der Waals surface area contributed by atoms with Crippen LogP contribution < -0.4 is 16.8 Å². The highest BCUT2D eigenvalue weighted by molar-refractivity contribution is 7.80. The van der Waals surface area contributed by atoms with Crippen molar-refractivity contribution in [1.82, 2.24) is 0 Å². The van der Waals surface area contributed by atoms with E-state index in [9.17, 15) is 0 Å². The fourth-order valence-corrected chi connectivity index (χ4v) is 1.00. The van der Waals surface area contributed by atoms with E-state index in [2.05, 4.69) is 17.5 Å². The highest BCUT2D eigenvalue weighted by atomic mass is 32.1. The van der Waals surface area contributed by atoms with Crippen molar-refractivity contribution in [3.8, 4) is 0 Å². The Balaban J connectivity index is 2.65. The van der Waals surface area contributed by atoms with Crippen LogP contribution in [0.2, 0.25) is 0 Å². The Bertz CT molecular complexity index is 319. The van der Waals surface area contributed by atoms with Crippen molar-refractivity contribution >= 4 is 22.9 Å². The van der Waals surface area contributed by atoms with Gasteiger partial charge in [0.05, 0.1) is 4.99 Å². The summed E-state index contributed by atoms with van der Waals surface area (Å²) in [7, 11) is 0. The third-order valence-electron chi connectivity index (χ3n) is 1.36. The number of para-hydroxylation sites is 1. The summed E-state index contributed by atoms with van der Waals surface area (Å²) in [6.07, 6.45) is 1.50. The van der Waals surface area contributed by atoms with Crippen LogP contribution in [0.4, 0.5) is 5.69 Å². The highest BCUT2D eigenvalue weighted by Crippen LogP contribution is 2.05. The molecule has 5 N–H and O–H groups in total. The minimum absolute atomic E-state index is 0.265. The van der Waals surface area contributed by atoms with Gasteiger partial charge in [0.2, 0.25) is 0 Å². The molecule has 0 aliphatic heterocycles. The maximum atomic E-state index is 5.59. The van der Waals surface area contributed by atoms with Gasteiger partial charge in [-0.2, -0.15) is 0 Å². The number of hydrogen-bond acceptors (Lipinski definition) is 3. The lowest BCUT2D eigenvalue weighted by atomic mass is 10.3. The summed E-state index contributed by atoms with van der Waals surface area (Å²) in [5.74, 6) is 0.443. The number of hydrogen-bond donors (Lipinski definition) is 3. The van der Waals surface area contributed by atoms with Gasteiger partial charge >= 0.3 is 0 Å². The summed E-state index contributed by atoms with van der Waals surface area (Å²) in [5, 5.41) is 2.94. The topological polar surface area (TPSA) is 64.1 Å². The molecule has 68 valence electrons. The van der Waals surface area contributed by atoms with Gasteiger partial charge in [-0.3, -0.25) is 0 Å². The summed E-state index contributed by atoms with van der Waals surface area (Å²) >= 11 is 4.67. The van der Waals surface area contributed by atoms with Gasteiger partial charge in [0, 0.05) is 11.8 Å². The summed E-state index contributed by atoms with van der Waals surface area (Å²) in [6, 6.07) is 9.56. The molecule has 4 heteroatoms. The van der Waals surface area contributed by atoms with Crippen LogP contribution >= 0.6 is 12.2 Å². The fraction of sp³-hybridized carbons (Fsp3) is 0. The Labute approximate surface area is 82.4 Å². The lowest BCUT2D eigenvalue weighted by molar-refractivity contribution is 1.32. The van der Waals surface area contributed by atoms with Crippen molar-refractivity contribution in [2.24, 2.45) is 11.5 Å². The second kappa shape index (κ2) is 4.47. The van der Waals surface area contributed by atoms with Gasteiger partial charge in [0.1, 0.15) is 5.82 Å². The van der Waals surface area contributed by atoms with E-state index in [-0.39, 0.29) is 4.99 Å². The number of nitrogens with two attached hydrogens (primary N) is 2. The third-order valence-corrected chi connectivity index (χ3v) is 1.48. The first-order valence-corrected chi connectivity index (χ1v) is 4.18. The van der Waals surface area contributed by atoms with Crippen molar-refractivity contribution in [3.05, 3.63) is 42.2 Å². The molecule has 0 amide bonds. The van der Waals surface area contributed by atoms with Crippen LogP contribution in [0.5, 0.6) is 0 Å². The van der Waals surface area contributed by atoms with Crippen molar-refractivity contribution in [2.75, 3.05) is 5.32 Å². The Morgan fingerprint density at radius 3 is 2.38 bits per heavy atom. The average molecular weight is 193 g/mol. The number of thiocarbonyl (C=S) groups is 1. The lowest BCUT2D eigenvalue weighted by Gasteiger charge is -2.04. The average Bonchev–Trinajstić information content (AvgIpc) is 2.04. The zero-order valence-electron chi connectivity index (χ0n) is 7.03. The van der Waals surface area contributed by atoms with Crippen molar-refractivity contribution < 1.29 is 0 Å². The highest BCUT2D eigenvalue weighted by Gasteiger charge is 1.91. The fourth-order valence-electron chi connectivity index (χ4n) is 0.877. The van der Waals surface area contributed by atoms with Gasteiger partial charge in [-0.25, -0.2) is 0 Å². The first kappa shape index (κ1) is 9.54. The van der Waals surface area contributed by atoms with Gasteiger partial charge in [0.15, 0.2) is 0 Å². The van der Waals surface area contributed by atoms with Crippen LogP contribution in [-0.4, -0.2) is 4.99 Å². The standard InChI is InChI=1S/C9H11N3S/c10-8(6-9(11)13)12-7-4-2-1-3-5-7/h1-6,12H,10H2,(H2,11,13)/b8-6-. The maximum Gasteiger partial charge on any atom is 0.103 e. The van der Waals surface area contributed by atoms with Crippen LogP contribution in [0.1, 0.15) is 0 Å². The molecule has 1 rings (SSSR count). The van der Waals surface area contributed by atoms with E-state index in [1.165, 1.54) is 6.08 Å². The number of nitrogens with one attached hydrogen (secondary N) is 1. The van der Waals surface area contributed by atoms with E-state index in [4.69, 9.17) is 11.5 Å². The predicted molar refractivity (Wildman–Crippen MR) is 59.1 cm³/mol. The maximum absolute atomic E-state index is 5.59. The minimum Gasteiger partial charge on any atom is -0.390 e. The molecule has 0 radical (unpaired) electrons. The Hall–Kier alpha value is -1.55. The minimum atomic E-state index is 0.265. The Morgan fingerprint density at radius 2 is 1.85 bits per heavy atom. The van der Waals surface area contributed by atoms with E-state index < -0.39 is 0 Å². The smallest absolute Gasteiger partial charge is 0.103 e. The number of rotatable bonds is 3. The van der Waals surface area contributed by atoms with E-state index in [0.717, 1.165) is 5.69 Å². The Kier molecular flexibility index (Phi) is 3.28. The molecule has 0 saturated heterocycles. The quantitative estimate of drug-likeness (QED) is 0.498. The van der Waals surface area contributed by atoms with Gasteiger partial charge in [-0.15, -0.1) is 0 Å². The molecular weight excluding hydrogens is 182 g/mol. The predicted octanol–water partition coefficient (Wildman–Crippen LogP) is 1.18. The van der Waals surface area contributed by atoms with Crippen LogP contribution in [-0.2, 0) is 0 Å². The second-order valence-electron chi connectivity index (χ2n) is 2.49. The van der Waals surface area contributed by atoms with Gasteiger partial charge < -0.3 is 16.8 Å². The summed E-state index contributed by atoms with van der Waals surface area (Å²) in [4.78, 5) is 0.265. The van der Waals surface area contributed by atoms with Crippen LogP contribution in [0.3, 0.4) is 0 Å². The molecule has 0 aromatic heterocycles. The van der Waals surface area contributed by atoms with Gasteiger partial charge in [-0.1, -0.05) is 30.4 Å². The second-order valence-corrected chi connectivity index (χ2v) is 2.96. The molecule has 0 saturated carbocycles. The SMILES string of the molecule is NC(=S)/C=C(/N)Nc1ccccc1. The largest absolute Gasteiger partial charge is 0.390 e. The molecule has 3 nitrogen and oxygen atoms in total. The molecule has 0 spiro atoms. The van der Waals surface area contributed by atoms with Crippen LogP contribution in [0.15, 0.2) is 42.2 Å². The van der Waals surface area contributed by atoms with Crippen molar-refractivity contribution in [1.29, 1.82) is 0 Å². The molecular formula is C9H11N3S. The zero-order valence-corrected chi connectivity index (χ0v) is 7.84. The first-order chi connectivity index (χ1) is 6.18. The molecule has 1 aromatic carbocycles. The summed E-state index contributed by atoms with van der Waals surface area (Å²) < 4.78 is 0. The molecule has 0 heterocycles. The molecule has 0 bridgehead atoms. The van der Waals surface area contributed by atoms with E-state index in [0.29, 0.717) is 5.82 Å². The number of benzene rings is 1. The van der Waals surface area contributed by atoms with E-state index in [1.807, 2.05) is 30.3 Å². The molecule has 0 fully saturated rings. The molecule has 13 heavy (non-hydrogen) atoms. The third kappa shape index (κ3) is 3.57. The normalized spacial score (nSPS) is 10.9. The molecule has 0 unspecified atom stereocenters. The van der Waals surface area contributed by atoms with Crippen LogP contribution in [0, 0.1) is 0 Å². The van der Waals surface area contributed by atoms with E-state index >= 15 is 0 Å². The van der Waals surface area contributed by atoms with Crippen molar-refractivity contribution in [3.63, 3.8) is 0 Å². The van der Waals surface area contributed by atoms with Crippen molar-refractivity contribution in [2.45, 2.75) is 0 Å². The molecule has 0 atom stereocenters. The summed E-state index contributed by atoms with van der Waals surface area (Å²) in [5.41, 5.74) is 11.8. The Morgan fingerprint density at radius 1 is 1.23 bits per heavy atom. The van der Waals surface area contributed by atoms with Gasteiger partial charge in [0.25, 0.3) is 0 Å². The monoisotopic (exact) mass is 193 g/mol. The zero-order chi connectivity index (χ0) is 9.68. The molecule has 1 aromatic rings. The molecule has 0 aliphatic carbocycles.